The van der Waals surface area contributed by atoms with Crippen LogP contribution in [0.1, 0.15) is 53.6 Å². The third-order valence-corrected chi connectivity index (χ3v) is 8.88. The van der Waals surface area contributed by atoms with Gasteiger partial charge < -0.3 is 24.6 Å². The number of aromatic nitrogens is 5. The Morgan fingerprint density at radius 2 is 1.50 bits per heavy atom. The summed E-state index contributed by atoms with van der Waals surface area (Å²) in [6, 6.07) is 26.8. The number of fused-ring (bicyclic) bond motifs is 2. The molecule has 0 unspecified atom stereocenters. The van der Waals surface area contributed by atoms with E-state index < -0.39 is 0 Å². The largest absolute Gasteiger partial charge is 0.381 e. The molecule has 0 saturated carbocycles. The molecule has 1 saturated heterocycles. The lowest BCUT2D eigenvalue weighted by atomic mass is 9.97. The molecular weight excluding hydrogens is 548 g/mol. The highest BCUT2D eigenvalue weighted by Gasteiger charge is 2.29. The number of aryl methyl sites for hydroxylation is 2. The average molecular weight is 587 g/mol. The van der Waals surface area contributed by atoms with Gasteiger partial charge in [-0.25, -0.2) is 0 Å². The van der Waals surface area contributed by atoms with Gasteiger partial charge in [0.1, 0.15) is 5.82 Å². The maximum Gasteiger partial charge on any atom is 0.223 e. The molecule has 3 N–H and O–H groups in total. The number of benzene rings is 3. The number of H-pyrrole nitrogens is 2. The Morgan fingerprint density at radius 3 is 2.25 bits per heavy atom. The Labute approximate surface area is 256 Å². The first-order chi connectivity index (χ1) is 21.7. The van der Waals surface area contributed by atoms with Crippen LogP contribution >= 0.6 is 0 Å². The van der Waals surface area contributed by atoms with Gasteiger partial charge in [0, 0.05) is 66.2 Å². The van der Waals surface area contributed by atoms with Crippen LogP contribution in [0, 0.1) is 5.92 Å². The molecular formula is C36H38N6O2. The van der Waals surface area contributed by atoms with Crippen LogP contribution < -0.4 is 5.32 Å². The van der Waals surface area contributed by atoms with Crippen molar-refractivity contribution in [1.82, 2.24) is 30.0 Å². The maximum absolute atomic E-state index is 13.6. The molecule has 6 aromatic rings. The van der Waals surface area contributed by atoms with Crippen LogP contribution in [-0.2, 0) is 35.3 Å². The molecule has 1 atom stereocenters. The number of nitrogens with one attached hydrogen (secondary N) is 3. The second-order valence-electron chi connectivity index (χ2n) is 11.8. The lowest BCUT2D eigenvalue weighted by Gasteiger charge is -2.25. The Bertz CT molecular complexity index is 1850. The van der Waals surface area contributed by atoms with Gasteiger partial charge in [0.25, 0.3) is 0 Å². The number of amides is 1. The van der Waals surface area contributed by atoms with Gasteiger partial charge in [-0.1, -0.05) is 66.7 Å². The summed E-state index contributed by atoms with van der Waals surface area (Å²) in [6.45, 7) is 1.88. The van der Waals surface area contributed by atoms with Crippen LogP contribution in [0.2, 0.25) is 0 Å². The molecule has 44 heavy (non-hydrogen) atoms. The number of hydrogen-bond acceptors (Lipinski definition) is 4. The lowest BCUT2D eigenvalue weighted by molar-refractivity contribution is -0.128. The summed E-state index contributed by atoms with van der Waals surface area (Å²) in [4.78, 5) is 20.4. The Morgan fingerprint density at radius 1 is 0.841 bits per heavy atom. The van der Waals surface area contributed by atoms with Gasteiger partial charge in [0.05, 0.1) is 12.6 Å². The molecule has 0 spiro atoms. The number of carbonyl (C=O) groups is 1. The minimum Gasteiger partial charge on any atom is -0.381 e. The number of nitrogens with zero attached hydrogens (tertiary/aromatic N) is 3. The van der Waals surface area contributed by atoms with Crippen LogP contribution in [0.25, 0.3) is 21.8 Å². The second-order valence-corrected chi connectivity index (χ2v) is 11.8. The molecule has 1 fully saturated rings. The zero-order chi connectivity index (χ0) is 29.7. The van der Waals surface area contributed by atoms with Crippen molar-refractivity contribution in [2.45, 2.75) is 51.1 Å². The first-order valence-corrected chi connectivity index (χ1v) is 15.7. The average Bonchev–Trinajstić information content (AvgIpc) is 3.79. The molecule has 0 bridgehead atoms. The second kappa shape index (κ2) is 12.9. The number of rotatable bonds is 11. The van der Waals surface area contributed by atoms with Crippen LogP contribution in [-0.4, -0.2) is 43.9 Å². The molecule has 4 heterocycles. The van der Waals surface area contributed by atoms with Gasteiger partial charge in [-0.3, -0.25) is 4.79 Å². The van der Waals surface area contributed by atoms with Crippen molar-refractivity contribution >= 4 is 27.7 Å². The van der Waals surface area contributed by atoms with E-state index in [-0.39, 0.29) is 17.9 Å². The van der Waals surface area contributed by atoms with E-state index in [1.54, 1.807) is 0 Å². The van der Waals surface area contributed by atoms with Crippen molar-refractivity contribution in [3.63, 3.8) is 0 Å². The molecule has 224 valence electrons. The minimum atomic E-state index is -0.330. The summed E-state index contributed by atoms with van der Waals surface area (Å²) in [6.07, 6.45) is 8.93. The normalized spacial score (nSPS) is 14.7. The Hall–Kier alpha value is -4.69. The quantitative estimate of drug-likeness (QED) is 0.166. The fourth-order valence-electron chi connectivity index (χ4n) is 6.48. The van der Waals surface area contributed by atoms with Gasteiger partial charge in [-0.15, -0.1) is 10.2 Å². The van der Waals surface area contributed by atoms with Crippen molar-refractivity contribution in [2.75, 3.05) is 13.2 Å². The first kappa shape index (κ1) is 28.1. The highest BCUT2D eigenvalue weighted by molar-refractivity contribution is 5.84. The van der Waals surface area contributed by atoms with Gasteiger partial charge in [0.2, 0.25) is 5.91 Å². The highest BCUT2D eigenvalue weighted by Crippen LogP contribution is 2.27. The lowest BCUT2D eigenvalue weighted by Crippen LogP contribution is -2.38. The van der Waals surface area contributed by atoms with Crippen LogP contribution in [0.5, 0.6) is 0 Å². The zero-order valence-electron chi connectivity index (χ0n) is 24.8. The number of para-hydroxylation sites is 2. The van der Waals surface area contributed by atoms with Crippen LogP contribution in [0.15, 0.2) is 91.3 Å². The molecule has 1 aliphatic heterocycles. The molecule has 8 nitrogen and oxygen atoms in total. The van der Waals surface area contributed by atoms with E-state index in [0.29, 0.717) is 26.2 Å². The fourth-order valence-corrected chi connectivity index (χ4v) is 6.48. The van der Waals surface area contributed by atoms with Crippen molar-refractivity contribution in [1.29, 1.82) is 0 Å². The van der Waals surface area contributed by atoms with Crippen LogP contribution in [0.4, 0.5) is 0 Å². The summed E-state index contributed by atoms with van der Waals surface area (Å²) in [5.74, 6) is 1.73. The van der Waals surface area contributed by atoms with E-state index in [4.69, 9.17) is 14.9 Å². The predicted octanol–water partition coefficient (Wildman–Crippen LogP) is 6.29. The molecule has 3 aromatic carbocycles. The van der Waals surface area contributed by atoms with Gasteiger partial charge in [0.15, 0.2) is 5.82 Å². The Kier molecular flexibility index (Phi) is 8.24. The number of ether oxygens (including phenoxy) is 1. The third kappa shape index (κ3) is 6.03. The van der Waals surface area contributed by atoms with Crippen molar-refractivity contribution in [3.05, 3.63) is 120 Å². The molecule has 0 radical (unpaired) electrons. The molecule has 1 aliphatic rings. The van der Waals surface area contributed by atoms with E-state index in [1.807, 2.05) is 12.1 Å². The minimum absolute atomic E-state index is 0.0599. The van der Waals surface area contributed by atoms with Crippen molar-refractivity contribution in [3.8, 4) is 0 Å². The number of hydrogen-bond donors (Lipinski definition) is 3. The van der Waals surface area contributed by atoms with Crippen molar-refractivity contribution < 1.29 is 9.53 Å². The topological polar surface area (TPSA) is 101 Å². The summed E-state index contributed by atoms with van der Waals surface area (Å²) >= 11 is 0. The molecule has 8 heteroatoms. The first-order valence-electron chi connectivity index (χ1n) is 15.7. The smallest absolute Gasteiger partial charge is 0.223 e. The van der Waals surface area contributed by atoms with E-state index in [1.165, 1.54) is 16.5 Å². The number of aromatic amines is 2. The zero-order valence-corrected chi connectivity index (χ0v) is 24.8. The molecule has 1 amide bonds. The van der Waals surface area contributed by atoms with Crippen molar-refractivity contribution in [2.24, 2.45) is 5.92 Å². The summed E-state index contributed by atoms with van der Waals surface area (Å²) in [7, 11) is 0. The monoisotopic (exact) mass is 586 g/mol. The summed E-state index contributed by atoms with van der Waals surface area (Å²) < 4.78 is 7.77. The summed E-state index contributed by atoms with van der Waals surface area (Å²) in [5.41, 5.74) is 5.88. The molecule has 7 rings (SSSR count). The van der Waals surface area contributed by atoms with E-state index in [9.17, 15) is 4.79 Å². The van der Waals surface area contributed by atoms with E-state index in [2.05, 4.69) is 99.0 Å². The molecule has 0 aliphatic carbocycles. The third-order valence-electron chi connectivity index (χ3n) is 8.88. The number of carbonyl (C=O) groups excluding carboxylic acids is 1. The van der Waals surface area contributed by atoms with Gasteiger partial charge in [-0.2, -0.15) is 0 Å². The van der Waals surface area contributed by atoms with E-state index >= 15 is 0 Å². The highest BCUT2D eigenvalue weighted by atomic mass is 16.5. The fraction of sp³-hybridized carbons (Fsp3) is 0.306. The standard InChI is InChI=1S/C36H38N6O2/c43-36(26-17-19-44-20-18-26)39-33(21-28-23-38-32-15-7-5-13-30(28)32)35-41-40-34(42(35)24-25-9-2-1-3-10-25)16-8-11-27-22-37-31-14-6-4-12-29(27)31/h1-7,9-10,12-15,22-23,26,33,37-38H,8,11,16-21,24H2,(H,39,43)/t33-/m1/s1. The maximum atomic E-state index is 13.6. The van der Waals surface area contributed by atoms with Gasteiger partial charge >= 0.3 is 0 Å². The predicted molar refractivity (Wildman–Crippen MR) is 172 cm³/mol. The van der Waals surface area contributed by atoms with Gasteiger partial charge in [-0.05, 0) is 54.5 Å². The summed E-state index contributed by atoms with van der Waals surface area (Å²) in [5, 5.41) is 15.4. The SMILES string of the molecule is O=C(N[C@H](Cc1c[nH]c2ccccc12)c1nnc(CCCc2c[nH]c3ccccc23)n1Cc1ccccc1)C1CCOCC1. The Balaban J connectivity index is 1.20. The van der Waals surface area contributed by atoms with Crippen LogP contribution in [0.3, 0.4) is 0 Å². The molecule has 3 aromatic heterocycles. The van der Waals surface area contributed by atoms with E-state index in [0.717, 1.165) is 65.7 Å².